The molecule has 4 rings (SSSR count). The molecule has 1 aliphatic rings. The zero-order chi connectivity index (χ0) is 20.1. The highest BCUT2D eigenvalue weighted by molar-refractivity contribution is 5.98. The van der Waals surface area contributed by atoms with Gasteiger partial charge in [-0.3, -0.25) is 9.59 Å². The predicted molar refractivity (Wildman–Crippen MR) is 110 cm³/mol. The highest BCUT2D eigenvalue weighted by atomic mass is 16.2. The minimum atomic E-state index is -0.175. The summed E-state index contributed by atoms with van der Waals surface area (Å²) in [7, 11) is 0. The smallest absolute Gasteiger partial charge is 0.251 e. The van der Waals surface area contributed by atoms with Crippen LogP contribution in [0.2, 0.25) is 0 Å². The first-order chi connectivity index (χ1) is 14.2. The molecule has 2 amide bonds. The Hall–Kier alpha value is -3.22. The van der Waals surface area contributed by atoms with Crippen LogP contribution in [-0.4, -0.2) is 33.1 Å². The highest BCUT2D eigenvalue weighted by Gasteiger charge is 2.15. The summed E-state index contributed by atoms with van der Waals surface area (Å²) in [6.07, 6.45) is 4.63. The van der Waals surface area contributed by atoms with Crippen LogP contribution in [0.25, 0.3) is 10.8 Å². The number of hydrogen-bond donors (Lipinski definition) is 2. The van der Waals surface area contributed by atoms with E-state index < -0.39 is 0 Å². The Labute approximate surface area is 169 Å². The van der Waals surface area contributed by atoms with Crippen molar-refractivity contribution >= 4 is 22.6 Å². The maximum Gasteiger partial charge on any atom is 0.251 e. The van der Waals surface area contributed by atoms with E-state index >= 15 is 0 Å². The van der Waals surface area contributed by atoms with Crippen molar-refractivity contribution in [3.8, 4) is 0 Å². The number of aryl methyl sites for hydroxylation is 1. The van der Waals surface area contributed by atoms with Crippen molar-refractivity contribution < 1.29 is 9.59 Å². The van der Waals surface area contributed by atoms with E-state index in [-0.39, 0.29) is 24.8 Å². The molecular formula is C22H25N5O2. The van der Waals surface area contributed by atoms with Crippen LogP contribution in [0, 0.1) is 0 Å². The van der Waals surface area contributed by atoms with Crippen LogP contribution in [0.15, 0.2) is 42.5 Å². The van der Waals surface area contributed by atoms with Crippen LogP contribution in [-0.2, 0) is 24.3 Å². The number of rotatable bonds is 6. The average molecular weight is 391 g/mol. The molecule has 2 N–H and O–H groups in total. The van der Waals surface area contributed by atoms with Crippen LogP contribution in [0.4, 0.5) is 0 Å². The third-order valence-electron chi connectivity index (χ3n) is 5.28. The molecule has 0 fully saturated rings. The van der Waals surface area contributed by atoms with Gasteiger partial charge in [-0.15, -0.1) is 10.2 Å². The zero-order valence-corrected chi connectivity index (χ0v) is 16.4. The molecule has 1 aliphatic heterocycles. The molecule has 3 aromatic rings. The second kappa shape index (κ2) is 8.86. The summed E-state index contributed by atoms with van der Waals surface area (Å²) < 4.78 is 2.12. The topological polar surface area (TPSA) is 88.9 Å². The number of amides is 2. The van der Waals surface area contributed by atoms with E-state index in [1.54, 1.807) is 6.07 Å². The lowest BCUT2D eigenvalue weighted by atomic mass is 10.1. The first-order valence-corrected chi connectivity index (χ1v) is 10.2. The second-order valence-electron chi connectivity index (χ2n) is 7.34. The Kier molecular flexibility index (Phi) is 5.84. The zero-order valence-electron chi connectivity index (χ0n) is 16.4. The van der Waals surface area contributed by atoms with Gasteiger partial charge in [-0.05, 0) is 35.7 Å². The fourth-order valence-electron chi connectivity index (χ4n) is 3.66. The van der Waals surface area contributed by atoms with Crippen molar-refractivity contribution in [1.29, 1.82) is 0 Å². The van der Waals surface area contributed by atoms with E-state index in [9.17, 15) is 9.59 Å². The van der Waals surface area contributed by atoms with Crippen molar-refractivity contribution in [2.24, 2.45) is 0 Å². The first kappa shape index (κ1) is 19.1. The second-order valence-corrected chi connectivity index (χ2v) is 7.34. The molecule has 0 spiro atoms. The summed E-state index contributed by atoms with van der Waals surface area (Å²) in [4.78, 5) is 24.5. The summed E-state index contributed by atoms with van der Waals surface area (Å²) in [6.45, 7) is 1.56. The molecule has 0 atom stereocenters. The molecule has 0 radical (unpaired) electrons. The lowest BCUT2D eigenvalue weighted by Gasteiger charge is -2.09. The van der Waals surface area contributed by atoms with Gasteiger partial charge in [0.25, 0.3) is 5.91 Å². The fourth-order valence-corrected chi connectivity index (χ4v) is 3.66. The molecule has 2 aromatic carbocycles. The van der Waals surface area contributed by atoms with E-state index in [1.807, 2.05) is 36.4 Å². The quantitative estimate of drug-likeness (QED) is 0.676. The Morgan fingerprint density at radius 2 is 1.83 bits per heavy atom. The number of benzene rings is 2. The highest BCUT2D eigenvalue weighted by Crippen LogP contribution is 2.16. The van der Waals surface area contributed by atoms with Crippen LogP contribution in [0.3, 0.4) is 0 Å². The Balaban J connectivity index is 1.24. The SMILES string of the molecule is O=C(CCNC(=O)c1ccc2ccccc2c1)NCc1nnc2n1CCCCC2. The number of aromatic nitrogens is 3. The maximum atomic E-state index is 12.3. The van der Waals surface area contributed by atoms with Gasteiger partial charge in [0.15, 0.2) is 5.82 Å². The first-order valence-electron chi connectivity index (χ1n) is 10.2. The van der Waals surface area contributed by atoms with Crippen molar-refractivity contribution in [3.05, 3.63) is 59.7 Å². The minimum absolute atomic E-state index is 0.116. The van der Waals surface area contributed by atoms with Gasteiger partial charge in [0.1, 0.15) is 5.82 Å². The van der Waals surface area contributed by atoms with Gasteiger partial charge in [0.05, 0.1) is 6.54 Å². The molecular weight excluding hydrogens is 366 g/mol. The van der Waals surface area contributed by atoms with E-state index in [1.165, 1.54) is 6.42 Å². The molecule has 0 saturated carbocycles. The molecule has 7 heteroatoms. The van der Waals surface area contributed by atoms with Gasteiger partial charge in [-0.1, -0.05) is 36.8 Å². The number of nitrogens with zero attached hydrogens (tertiary/aromatic N) is 3. The van der Waals surface area contributed by atoms with Crippen LogP contribution < -0.4 is 10.6 Å². The van der Waals surface area contributed by atoms with Gasteiger partial charge in [0.2, 0.25) is 5.91 Å². The Bertz CT molecular complexity index is 1030. The molecule has 150 valence electrons. The van der Waals surface area contributed by atoms with E-state index in [0.717, 1.165) is 48.2 Å². The Morgan fingerprint density at radius 3 is 2.72 bits per heavy atom. The molecule has 7 nitrogen and oxygen atoms in total. The van der Waals surface area contributed by atoms with Gasteiger partial charge >= 0.3 is 0 Å². The largest absolute Gasteiger partial charge is 0.352 e. The molecule has 1 aromatic heterocycles. The lowest BCUT2D eigenvalue weighted by molar-refractivity contribution is -0.121. The third kappa shape index (κ3) is 4.62. The molecule has 0 bridgehead atoms. The van der Waals surface area contributed by atoms with Crippen molar-refractivity contribution in [2.75, 3.05) is 6.54 Å². The Morgan fingerprint density at radius 1 is 0.966 bits per heavy atom. The molecule has 29 heavy (non-hydrogen) atoms. The standard InChI is InChI=1S/C22H25N5O2/c28-21(24-15-20-26-25-19-8-2-1-5-13-27(19)20)11-12-23-22(29)18-10-9-16-6-3-4-7-17(16)14-18/h3-4,6-7,9-10,14H,1-2,5,8,11-13,15H2,(H,23,29)(H,24,28). The fraction of sp³-hybridized carbons (Fsp3) is 0.364. The van der Waals surface area contributed by atoms with Gasteiger partial charge in [-0.2, -0.15) is 0 Å². The van der Waals surface area contributed by atoms with Gasteiger partial charge in [0, 0.05) is 31.5 Å². The van der Waals surface area contributed by atoms with Crippen molar-refractivity contribution in [1.82, 2.24) is 25.4 Å². The van der Waals surface area contributed by atoms with E-state index in [0.29, 0.717) is 12.1 Å². The lowest BCUT2D eigenvalue weighted by Crippen LogP contribution is -2.31. The number of carbonyl (C=O) groups is 2. The number of carbonyl (C=O) groups excluding carboxylic acids is 2. The van der Waals surface area contributed by atoms with Crippen molar-refractivity contribution in [2.45, 2.75) is 45.2 Å². The normalized spacial score (nSPS) is 13.5. The van der Waals surface area contributed by atoms with Crippen LogP contribution in [0.1, 0.15) is 47.7 Å². The van der Waals surface area contributed by atoms with Crippen LogP contribution in [0.5, 0.6) is 0 Å². The summed E-state index contributed by atoms with van der Waals surface area (Å²) in [5, 5.41) is 16.3. The molecule has 0 aliphatic carbocycles. The van der Waals surface area contributed by atoms with E-state index in [2.05, 4.69) is 25.4 Å². The van der Waals surface area contributed by atoms with Gasteiger partial charge < -0.3 is 15.2 Å². The average Bonchev–Trinajstić information content (AvgIpc) is 2.97. The summed E-state index contributed by atoms with van der Waals surface area (Å²) in [6, 6.07) is 13.5. The molecule has 0 saturated heterocycles. The monoisotopic (exact) mass is 391 g/mol. The predicted octanol–water partition coefficient (Wildman–Crippen LogP) is 2.59. The number of fused-ring (bicyclic) bond motifs is 2. The summed E-state index contributed by atoms with van der Waals surface area (Å²) in [5.74, 6) is 1.52. The summed E-state index contributed by atoms with van der Waals surface area (Å²) >= 11 is 0. The minimum Gasteiger partial charge on any atom is -0.352 e. The third-order valence-corrected chi connectivity index (χ3v) is 5.28. The van der Waals surface area contributed by atoms with Crippen LogP contribution >= 0.6 is 0 Å². The van der Waals surface area contributed by atoms with Crippen molar-refractivity contribution in [3.63, 3.8) is 0 Å². The van der Waals surface area contributed by atoms with Gasteiger partial charge in [-0.25, -0.2) is 0 Å². The number of nitrogens with one attached hydrogen (secondary N) is 2. The molecule has 0 unspecified atom stereocenters. The number of hydrogen-bond acceptors (Lipinski definition) is 4. The maximum absolute atomic E-state index is 12.3. The molecule has 2 heterocycles. The summed E-state index contributed by atoms with van der Waals surface area (Å²) in [5.41, 5.74) is 0.593. The van der Waals surface area contributed by atoms with E-state index in [4.69, 9.17) is 0 Å².